The zero-order valence-electron chi connectivity index (χ0n) is 18.3. The van der Waals surface area contributed by atoms with Gasteiger partial charge in [0, 0.05) is 18.0 Å². The molecule has 0 radical (unpaired) electrons. The number of esters is 1. The lowest BCUT2D eigenvalue weighted by Crippen LogP contribution is -2.54. The van der Waals surface area contributed by atoms with E-state index in [0.717, 1.165) is 10.5 Å². The summed E-state index contributed by atoms with van der Waals surface area (Å²) in [6.07, 6.45) is -0.0979. The lowest BCUT2D eigenvalue weighted by Gasteiger charge is -2.39. The highest BCUT2D eigenvalue weighted by Crippen LogP contribution is 2.31. The molecular formula is C24H26N2O5. The summed E-state index contributed by atoms with van der Waals surface area (Å²) in [5.74, 6) is -1.29. The molecule has 0 bridgehead atoms. The van der Waals surface area contributed by atoms with E-state index in [1.165, 1.54) is 24.0 Å². The first-order valence-corrected chi connectivity index (χ1v) is 10.0. The maximum absolute atomic E-state index is 13.4. The predicted molar refractivity (Wildman–Crippen MR) is 116 cm³/mol. The Morgan fingerprint density at radius 3 is 2.26 bits per heavy atom. The number of hydrogen-bond acceptors (Lipinski definition) is 5. The van der Waals surface area contributed by atoms with Crippen LogP contribution in [0.2, 0.25) is 0 Å². The molecule has 1 atom stereocenters. The molecule has 7 heteroatoms. The van der Waals surface area contributed by atoms with E-state index >= 15 is 0 Å². The smallest absolute Gasteiger partial charge is 0.308 e. The molecule has 162 valence electrons. The van der Waals surface area contributed by atoms with Gasteiger partial charge < -0.3 is 9.64 Å². The number of ether oxygens (including phenoxy) is 1. The average molecular weight is 422 g/mol. The lowest BCUT2D eigenvalue weighted by atomic mass is 9.99. The zero-order valence-corrected chi connectivity index (χ0v) is 18.3. The van der Waals surface area contributed by atoms with Crippen LogP contribution in [0.1, 0.15) is 50.0 Å². The Morgan fingerprint density at radius 2 is 1.71 bits per heavy atom. The standard InChI is InChI=1S/C24H26N2O5/c1-15-7-6-8-17(13-15)22(29)26(24(3,4)5)20-14-21(28)25(23(20)30)18-9-11-19(12-10-18)31-16(2)27/h6-13,20H,14H2,1-5H3. The van der Waals surface area contributed by atoms with Crippen molar-refractivity contribution in [3.63, 3.8) is 0 Å². The van der Waals surface area contributed by atoms with Crippen LogP contribution in [0.5, 0.6) is 5.75 Å². The van der Waals surface area contributed by atoms with Gasteiger partial charge in [0.2, 0.25) is 5.91 Å². The Bertz CT molecular complexity index is 1040. The van der Waals surface area contributed by atoms with Gasteiger partial charge in [0.05, 0.1) is 12.1 Å². The first-order chi connectivity index (χ1) is 14.5. The van der Waals surface area contributed by atoms with Gasteiger partial charge in [-0.3, -0.25) is 19.2 Å². The number of nitrogens with zero attached hydrogens (tertiary/aromatic N) is 2. The van der Waals surface area contributed by atoms with Crippen LogP contribution < -0.4 is 9.64 Å². The normalized spacial score (nSPS) is 16.4. The predicted octanol–water partition coefficient (Wildman–Crippen LogP) is 3.49. The molecule has 2 aromatic rings. The van der Waals surface area contributed by atoms with Gasteiger partial charge >= 0.3 is 5.97 Å². The molecule has 1 aliphatic rings. The second-order valence-electron chi connectivity index (χ2n) is 8.59. The quantitative estimate of drug-likeness (QED) is 0.428. The van der Waals surface area contributed by atoms with E-state index in [1.807, 2.05) is 33.8 Å². The van der Waals surface area contributed by atoms with E-state index in [1.54, 1.807) is 30.3 Å². The summed E-state index contributed by atoms with van der Waals surface area (Å²) >= 11 is 0. The molecule has 3 rings (SSSR count). The second-order valence-corrected chi connectivity index (χ2v) is 8.59. The molecule has 0 N–H and O–H groups in total. The second kappa shape index (κ2) is 8.34. The number of anilines is 1. The molecule has 1 heterocycles. The number of aryl methyl sites for hydroxylation is 1. The summed E-state index contributed by atoms with van der Waals surface area (Å²) in [5.41, 5.74) is 1.09. The minimum atomic E-state index is -0.909. The van der Waals surface area contributed by atoms with Gasteiger partial charge in [-0.25, -0.2) is 4.90 Å². The molecule has 31 heavy (non-hydrogen) atoms. The molecule has 1 fully saturated rings. The van der Waals surface area contributed by atoms with Crippen molar-refractivity contribution in [2.24, 2.45) is 0 Å². The number of benzene rings is 2. The molecule has 1 unspecified atom stereocenters. The van der Waals surface area contributed by atoms with Crippen molar-refractivity contribution in [1.82, 2.24) is 4.90 Å². The fourth-order valence-corrected chi connectivity index (χ4v) is 3.75. The summed E-state index contributed by atoms with van der Waals surface area (Å²) in [6, 6.07) is 12.4. The van der Waals surface area contributed by atoms with Crippen molar-refractivity contribution in [3.05, 3.63) is 59.7 Å². The van der Waals surface area contributed by atoms with E-state index in [0.29, 0.717) is 17.0 Å². The Labute approximate surface area is 181 Å². The number of carbonyl (C=O) groups is 4. The van der Waals surface area contributed by atoms with E-state index in [9.17, 15) is 19.2 Å². The lowest BCUT2D eigenvalue weighted by molar-refractivity contribution is -0.132. The average Bonchev–Trinajstić information content (AvgIpc) is 2.95. The van der Waals surface area contributed by atoms with Crippen molar-refractivity contribution in [2.75, 3.05) is 4.90 Å². The highest BCUT2D eigenvalue weighted by Gasteiger charge is 2.47. The Balaban J connectivity index is 1.92. The highest BCUT2D eigenvalue weighted by atomic mass is 16.5. The van der Waals surface area contributed by atoms with Crippen molar-refractivity contribution >= 4 is 29.4 Å². The third kappa shape index (κ3) is 4.66. The Hall–Kier alpha value is -3.48. The molecule has 0 spiro atoms. The van der Waals surface area contributed by atoms with Gasteiger partial charge in [0.25, 0.3) is 11.8 Å². The summed E-state index contributed by atoms with van der Waals surface area (Å²) in [5, 5.41) is 0. The van der Waals surface area contributed by atoms with Crippen molar-refractivity contribution in [3.8, 4) is 5.75 Å². The van der Waals surface area contributed by atoms with Crippen LogP contribution in [0.25, 0.3) is 0 Å². The van der Waals surface area contributed by atoms with Gasteiger partial charge in [-0.15, -0.1) is 0 Å². The third-order valence-electron chi connectivity index (χ3n) is 5.00. The minimum absolute atomic E-state index is 0.0979. The summed E-state index contributed by atoms with van der Waals surface area (Å²) in [7, 11) is 0. The van der Waals surface area contributed by atoms with Crippen LogP contribution in [0, 0.1) is 6.92 Å². The maximum atomic E-state index is 13.4. The molecule has 7 nitrogen and oxygen atoms in total. The molecule has 0 aromatic heterocycles. The van der Waals surface area contributed by atoms with Gasteiger partial charge in [0.1, 0.15) is 11.8 Å². The van der Waals surface area contributed by atoms with Crippen LogP contribution in [-0.2, 0) is 14.4 Å². The molecule has 1 saturated heterocycles. The first-order valence-electron chi connectivity index (χ1n) is 10.0. The topological polar surface area (TPSA) is 84.0 Å². The van der Waals surface area contributed by atoms with Crippen LogP contribution in [0.3, 0.4) is 0 Å². The van der Waals surface area contributed by atoms with E-state index < -0.39 is 23.5 Å². The molecule has 0 aliphatic carbocycles. The van der Waals surface area contributed by atoms with Crippen LogP contribution in [0.4, 0.5) is 5.69 Å². The fourth-order valence-electron chi connectivity index (χ4n) is 3.75. The Morgan fingerprint density at radius 1 is 1.06 bits per heavy atom. The van der Waals surface area contributed by atoms with Crippen molar-refractivity contribution in [2.45, 2.75) is 52.6 Å². The number of rotatable bonds is 4. The van der Waals surface area contributed by atoms with Gasteiger partial charge in [-0.05, 0) is 64.1 Å². The fraction of sp³-hybridized carbons (Fsp3) is 0.333. The van der Waals surface area contributed by atoms with Gasteiger partial charge in [-0.1, -0.05) is 17.7 Å². The van der Waals surface area contributed by atoms with Crippen LogP contribution in [0.15, 0.2) is 48.5 Å². The summed E-state index contributed by atoms with van der Waals surface area (Å²) in [4.78, 5) is 53.1. The number of amides is 3. The van der Waals surface area contributed by atoms with E-state index in [-0.39, 0.29) is 18.2 Å². The monoisotopic (exact) mass is 422 g/mol. The van der Waals surface area contributed by atoms with Crippen LogP contribution in [-0.4, -0.2) is 40.2 Å². The zero-order chi connectivity index (χ0) is 22.9. The highest BCUT2D eigenvalue weighted by molar-refractivity contribution is 6.23. The molecule has 2 aromatic carbocycles. The van der Waals surface area contributed by atoms with Gasteiger partial charge in [0.15, 0.2) is 0 Å². The molecule has 3 amide bonds. The van der Waals surface area contributed by atoms with Gasteiger partial charge in [-0.2, -0.15) is 0 Å². The molecule has 1 aliphatic heterocycles. The third-order valence-corrected chi connectivity index (χ3v) is 5.00. The maximum Gasteiger partial charge on any atom is 0.308 e. The Kier molecular flexibility index (Phi) is 5.97. The van der Waals surface area contributed by atoms with E-state index in [4.69, 9.17) is 4.74 Å². The number of hydrogen-bond donors (Lipinski definition) is 0. The van der Waals surface area contributed by atoms with E-state index in [2.05, 4.69) is 0 Å². The van der Waals surface area contributed by atoms with Crippen molar-refractivity contribution < 1.29 is 23.9 Å². The minimum Gasteiger partial charge on any atom is -0.427 e. The summed E-state index contributed by atoms with van der Waals surface area (Å²) < 4.78 is 5.00. The largest absolute Gasteiger partial charge is 0.427 e. The molecule has 0 saturated carbocycles. The first kappa shape index (κ1) is 22.2. The number of imide groups is 1. The number of carbonyl (C=O) groups excluding carboxylic acids is 4. The summed E-state index contributed by atoms with van der Waals surface area (Å²) in [6.45, 7) is 8.71. The van der Waals surface area contributed by atoms with Crippen LogP contribution >= 0.6 is 0 Å². The van der Waals surface area contributed by atoms with Crippen molar-refractivity contribution in [1.29, 1.82) is 0 Å². The molecular weight excluding hydrogens is 396 g/mol. The SMILES string of the molecule is CC(=O)Oc1ccc(N2C(=O)CC(N(C(=O)c3cccc(C)c3)C(C)(C)C)C2=O)cc1.